The maximum Gasteiger partial charge on any atom is 0.394 e. The molecule has 15 heteroatoms. The average Bonchev–Trinajstić information content (AvgIpc) is 3.21. The number of anilines is 1. The van der Waals surface area contributed by atoms with E-state index in [1.54, 1.807) is 13.2 Å². The van der Waals surface area contributed by atoms with Gasteiger partial charge in [-0.05, 0) is 51.7 Å². The lowest BCUT2D eigenvalue weighted by Gasteiger charge is -2.34. The van der Waals surface area contributed by atoms with Crippen LogP contribution < -0.4 is 14.4 Å². The molecule has 0 spiro atoms. The Kier molecular flexibility index (Phi) is 5.84. The number of hydrogen-bond donors (Lipinski definition) is 1. The van der Waals surface area contributed by atoms with Crippen molar-refractivity contribution in [2.45, 2.75) is 68.5 Å². The Hall–Kier alpha value is -3.62. The molecule has 220 valence electrons. The Morgan fingerprint density at radius 3 is 2.54 bits per heavy atom. The maximum atomic E-state index is 13.3. The van der Waals surface area contributed by atoms with Gasteiger partial charge in [0.25, 0.3) is 15.9 Å². The molecular weight excluding hydrogens is 563 g/mol. The van der Waals surface area contributed by atoms with Gasteiger partial charge in [-0.15, -0.1) is 5.10 Å². The molecule has 1 N–H and O–H groups in total. The van der Waals surface area contributed by atoms with Gasteiger partial charge in [-0.1, -0.05) is 6.92 Å². The molecule has 2 bridgehead atoms. The summed E-state index contributed by atoms with van der Waals surface area (Å²) in [6, 6.07) is 4.54. The number of hydrogen-bond acceptors (Lipinski definition) is 8. The first-order chi connectivity index (χ1) is 19.0. The molecule has 1 saturated heterocycles. The van der Waals surface area contributed by atoms with Gasteiger partial charge in [0, 0.05) is 43.0 Å². The zero-order valence-corrected chi connectivity index (χ0v) is 23.8. The van der Waals surface area contributed by atoms with Gasteiger partial charge < -0.3 is 9.64 Å². The number of nitrogens with one attached hydrogen (secondary N) is 1. The van der Waals surface area contributed by atoms with Gasteiger partial charge >= 0.3 is 6.18 Å². The highest BCUT2D eigenvalue weighted by Crippen LogP contribution is 2.59. The number of rotatable bonds is 5. The molecule has 2 aliphatic heterocycles. The summed E-state index contributed by atoms with van der Waals surface area (Å²) in [7, 11) is -2.59. The molecule has 6 rings (SSSR count). The Labute approximate surface area is 234 Å². The normalized spacial score (nSPS) is 23.9. The third-order valence-electron chi connectivity index (χ3n) is 8.39. The van der Waals surface area contributed by atoms with Gasteiger partial charge in [0.05, 0.1) is 23.3 Å². The van der Waals surface area contributed by atoms with Crippen molar-refractivity contribution in [1.29, 1.82) is 0 Å². The van der Waals surface area contributed by atoms with Crippen LogP contribution in [0.2, 0.25) is 0 Å². The Balaban J connectivity index is 1.33. The van der Waals surface area contributed by atoms with E-state index in [-0.39, 0.29) is 48.0 Å². The zero-order valence-electron chi connectivity index (χ0n) is 23.0. The third-order valence-corrected chi connectivity index (χ3v) is 9.72. The zero-order chi connectivity index (χ0) is 29.6. The standard InChI is InChI=1S/C26H30F3N7O4S/c1-23(2)14-24(3)15-35(23)21-16(22(37)33-41(38,39)17-13-34(4)32-20(17)24)5-6-18(30-21)36-11-7-19(31-36)40-12-10-25(8-9-25)26(27,28)29/h5-7,11,13H,8-10,12,14-15H2,1-4H3,(H,33,37)/t24-/m1/s1. The first-order valence-corrected chi connectivity index (χ1v) is 14.7. The molecule has 11 nitrogen and oxygen atoms in total. The molecule has 1 atom stereocenters. The van der Waals surface area contributed by atoms with Crippen molar-refractivity contribution in [1.82, 2.24) is 29.3 Å². The Morgan fingerprint density at radius 1 is 1.12 bits per heavy atom. The number of aryl methyl sites for hydroxylation is 1. The molecular formula is C26H30F3N7O4S. The number of nitrogens with zero attached hydrogens (tertiary/aromatic N) is 6. The molecule has 1 saturated carbocycles. The third kappa shape index (κ3) is 4.53. The van der Waals surface area contributed by atoms with E-state index in [0.717, 1.165) is 0 Å². The highest BCUT2D eigenvalue weighted by atomic mass is 32.2. The minimum atomic E-state index is -4.25. The molecule has 0 radical (unpaired) electrons. The largest absolute Gasteiger partial charge is 0.477 e. The summed E-state index contributed by atoms with van der Waals surface area (Å²) in [6.45, 7) is 6.17. The van der Waals surface area contributed by atoms with Crippen LogP contribution in [0.5, 0.6) is 5.88 Å². The van der Waals surface area contributed by atoms with Gasteiger partial charge in [0.1, 0.15) is 10.7 Å². The molecule has 3 aromatic rings. The quantitative estimate of drug-likeness (QED) is 0.477. The van der Waals surface area contributed by atoms with Gasteiger partial charge in [0.15, 0.2) is 5.82 Å². The van der Waals surface area contributed by atoms with E-state index in [1.807, 2.05) is 25.7 Å². The number of ether oxygens (including phenoxy) is 1. The maximum absolute atomic E-state index is 13.3. The van der Waals surface area contributed by atoms with Crippen molar-refractivity contribution in [2.75, 3.05) is 18.1 Å². The number of carbonyl (C=O) groups is 1. The summed E-state index contributed by atoms with van der Waals surface area (Å²) in [5, 5.41) is 8.81. The summed E-state index contributed by atoms with van der Waals surface area (Å²) >= 11 is 0. The van der Waals surface area contributed by atoms with Crippen LogP contribution >= 0.6 is 0 Å². The number of amides is 1. The van der Waals surface area contributed by atoms with Crippen LogP contribution in [0, 0.1) is 5.41 Å². The van der Waals surface area contributed by atoms with E-state index in [2.05, 4.69) is 14.9 Å². The van der Waals surface area contributed by atoms with Crippen molar-refractivity contribution >= 4 is 21.7 Å². The number of pyridine rings is 1. The average molecular weight is 594 g/mol. The molecule has 3 aromatic heterocycles. The second-order valence-corrected chi connectivity index (χ2v) is 13.8. The molecule has 5 heterocycles. The SMILES string of the molecule is Cn1cc2c(n1)[C@@]1(C)CN(c3nc(-n4ccc(OCCC5(C(F)(F)F)CC5)n4)ccc3C(=O)NS2(=O)=O)C(C)(C)C1. The van der Waals surface area contributed by atoms with E-state index in [9.17, 15) is 26.4 Å². The lowest BCUT2D eigenvalue weighted by Crippen LogP contribution is -2.42. The minimum Gasteiger partial charge on any atom is -0.477 e. The number of halogens is 3. The highest BCUT2D eigenvalue weighted by molar-refractivity contribution is 7.90. The molecule has 0 aromatic carbocycles. The van der Waals surface area contributed by atoms with Crippen LogP contribution in [-0.4, -0.2) is 63.7 Å². The Morgan fingerprint density at radius 2 is 1.85 bits per heavy atom. The van der Waals surface area contributed by atoms with E-state index in [1.165, 1.54) is 33.8 Å². The fourth-order valence-corrected chi connectivity index (χ4v) is 7.44. The van der Waals surface area contributed by atoms with Gasteiger partial charge in [0.2, 0.25) is 5.88 Å². The number of aromatic nitrogens is 5. The van der Waals surface area contributed by atoms with Crippen LogP contribution in [0.15, 0.2) is 35.5 Å². The van der Waals surface area contributed by atoms with Crippen molar-refractivity contribution in [3.63, 3.8) is 0 Å². The van der Waals surface area contributed by atoms with Gasteiger partial charge in [-0.25, -0.2) is 22.8 Å². The van der Waals surface area contributed by atoms with Crippen LogP contribution in [0.4, 0.5) is 19.0 Å². The smallest absolute Gasteiger partial charge is 0.394 e. The molecule has 2 fully saturated rings. The van der Waals surface area contributed by atoms with E-state index >= 15 is 0 Å². The predicted molar refractivity (Wildman–Crippen MR) is 140 cm³/mol. The second-order valence-electron chi connectivity index (χ2n) is 12.1. The molecule has 0 unspecified atom stereocenters. The summed E-state index contributed by atoms with van der Waals surface area (Å²) in [6.07, 6.45) is -0.671. The first kappa shape index (κ1) is 27.5. The molecule has 1 aliphatic carbocycles. The van der Waals surface area contributed by atoms with Crippen LogP contribution in [0.25, 0.3) is 5.82 Å². The first-order valence-electron chi connectivity index (χ1n) is 13.2. The van der Waals surface area contributed by atoms with Crippen molar-refractivity contribution in [3.05, 3.63) is 41.9 Å². The number of sulfonamides is 1. The van der Waals surface area contributed by atoms with Crippen molar-refractivity contribution in [3.8, 4) is 11.7 Å². The topological polar surface area (TPSA) is 124 Å². The van der Waals surface area contributed by atoms with Crippen LogP contribution in [-0.2, 0) is 22.5 Å². The predicted octanol–water partition coefficient (Wildman–Crippen LogP) is 3.49. The Bertz CT molecular complexity index is 1660. The van der Waals surface area contributed by atoms with E-state index < -0.39 is 38.5 Å². The second kappa shape index (κ2) is 8.69. The number of carbonyl (C=O) groups excluding carboxylic acids is 1. The lowest BCUT2D eigenvalue weighted by atomic mass is 9.81. The summed E-state index contributed by atoms with van der Waals surface area (Å²) < 4.78 is 76.8. The summed E-state index contributed by atoms with van der Waals surface area (Å²) in [5.41, 5.74) is -2.42. The lowest BCUT2D eigenvalue weighted by molar-refractivity contribution is -0.190. The van der Waals surface area contributed by atoms with Crippen molar-refractivity contribution in [2.24, 2.45) is 12.5 Å². The summed E-state index contributed by atoms with van der Waals surface area (Å²) in [5.74, 6) is -0.0842. The summed E-state index contributed by atoms with van der Waals surface area (Å²) in [4.78, 5) is 20.0. The van der Waals surface area contributed by atoms with Crippen LogP contribution in [0.3, 0.4) is 0 Å². The van der Waals surface area contributed by atoms with E-state index in [0.29, 0.717) is 24.5 Å². The minimum absolute atomic E-state index is 0.0339. The molecule has 3 aliphatic rings. The van der Waals surface area contributed by atoms with Gasteiger partial charge in [-0.2, -0.15) is 18.3 Å². The number of alkyl halides is 3. The molecule has 41 heavy (non-hydrogen) atoms. The van der Waals surface area contributed by atoms with Crippen LogP contribution in [0.1, 0.15) is 62.5 Å². The number of fused-ring (bicyclic) bond motifs is 6. The monoisotopic (exact) mass is 593 g/mol. The van der Waals surface area contributed by atoms with E-state index in [4.69, 9.17) is 9.72 Å². The van der Waals surface area contributed by atoms with Gasteiger partial charge in [-0.3, -0.25) is 9.48 Å². The molecule has 1 amide bonds. The highest BCUT2D eigenvalue weighted by Gasteiger charge is 2.62. The fraction of sp³-hybridized carbons (Fsp3) is 0.538. The van der Waals surface area contributed by atoms with Crippen molar-refractivity contribution < 1.29 is 31.1 Å². The fourth-order valence-electron chi connectivity index (χ4n) is 6.14.